The van der Waals surface area contributed by atoms with E-state index in [1.165, 1.54) is 6.33 Å². The predicted molar refractivity (Wildman–Crippen MR) is 73.4 cm³/mol. The van der Waals surface area contributed by atoms with Crippen molar-refractivity contribution in [3.8, 4) is 0 Å². The number of benzene rings is 1. The van der Waals surface area contributed by atoms with E-state index in [9.17, 15) is 8.42 Å². The number of sulfonamides is 1. The van der Waals surface area contributed by atoms with E-state index >= 15 is 0 Å². The maximum atomic E-state index is 12.8. The largest absolute Gasteiger partial charge is 0.339 e. The van der Waals surface area contributed by atoms with Gasteiger partial charge in [-0.2, -0.15) is 4.31 Å². The van der Waals surface area contributed by atoms with E-state index in [2.05, 4.69) is 4.98 Å². The van der Waals surface area contributed by atoms with Crippen LogP contribution in [-0.2, 0) is 17.1 Å². The third kappa shape index (κ3) is 1.46. The lowest BCUT2D eigenvalue weighted by atomic mass is 9.92. The van der Waals surface area contributed by atoms with Crippen LogP contribution in [0.25, 0.3) is 0 Å². The summed E-state index contributed by atoms with van der Waals surface area (Å²) in [5.74, 6) is 0. The lowest BCUT2D eigenvalue weighted by Crippen LogP contribution is -2.28. The van der Waals surface area contributed by atoms with Crippen molar-refractivity contribution in [2.45, 2.75) is 30.0 Å². The van der Waals surface area contributed by atoms with Crippen molar-refractivity contribution in [3.63, 3.8) is 0 Å². The predicted octanol–water partition coefficient (Wildman–Crippen LogP) is 2.00. The number of rotatable bonds is 2. The fourth-order valence-electron chi connectivity index (χ4n) is 3.46. The minimum Gasteiger partial charge on any atom is -0.339 e. The van der Waals surface area contributed by atoms with Gasteiger partial charge in [-0.25, -0.2) is 13.4 Å². The van der Waals surface area contributed by atoms with Crippen molar-refractivity contribution in [3.05, 3.63) is 47.9 Å². The van der Waals surface area contributed by atoms with Crippen molar-refractivity contribution in [1.82, 2.24) is 13.9 Å². The second-order valence-corrected chi connectivity index (χ2v) is 7.24. The van der Waals surface area contributed by atoms with Gasteiger partial charge in [0.05, 0.1) is 18.4 Å². The lowest BCUT2D eigenvalue weighted by molar-refractivity contribution is 0.364. The molecule has 1 aromatic carbocycles. The summed E-state index contributed by atoms with van der Waals surface area (Å²) < 4.78 is 29.0. The fraction of sp³-hybridized carbons (Fsp3) is 0.357. The molecule has 6 heteroatoms. The summed E-state index contributed by atoms with van der Waals surface area (Å²) in [5.41, 5.74) is 2.31. The van der Waals surface area contributed by atoms with Gasteiger partial charge < -0.3 is 4.57 Å². The average Bonchev–Trinajstić information content (AvgIpc) is 3.12. The molecule has 1 fully saturated rings. The van der Waals surface area contributed by atoms with Crippen molar-refractivity contribution >= 4 is 10.0 Å². The number of hydrogen-bond donors (Lipinski definition) is 0. The first-order chi connectivity index (χ1) is 9.59. The van der Waals surface area contributed by atoms with Crippen LogP contribution in [0.2, 0.25) is 0 Å². The minimum absolute atomic E-state index is 0.0248. The molecule has 2 atom stereocenters. The van der Waals surface area contributed by atoms with Crippen LogP contribution in [0, 0.1) is 0 Å². The van der Waals surface area contributed by atoms with E-state index in [1.807, 2.05) is 24.3 Å². The molecule has 0 saturated carbocycles. The molecule has 0 aliphatic carbocycles. The highest BCUT2D eigenvalue weighted by atomic mass is 32.2. The highest BCUT2D eigenvalue weighted by molar-refractivity contribution is 7.89. The monoisotopic (exact) mass is 289 g/mol. The molecule has 0 radical (unpaired) electrons. The highest BCUT2D eigenvalue weighted by Crippen LogP contribution is 2.55. The molecular weight excluding hydrogens is 274 g/mol. The van der Waals surface area contributed by atoms with Crippen LogP contribution >= 0.6 is 0 Å². The Hall–Kier alpha value is -1.66. The minimum atomic E-state index is -3.52. The van der Waals surface area contributed by atoms with Gasteiger partial charge in [0.1, 0.15) is 0 Å². The van der Waals surface area contributed by atoms with Crippen LogP contribution in [0.3, 0.4) is 0 Å². The van der Waals surface area contributed by atoms with Crippen LogP contribution in [-0.4, -0.2) is 22.3 Å². The van der Waals surface area contributed by atoms with Gasteiger partial charge in [0.25, 0.3) is 10.0 Å². The number of aromatic nitrogens is 2. The summed E-state index contributed by atoms with van der Waals surface area (Å²) in [6, 6.07) is 7.99. The van der Waals surface area contributed by atoms with Crippen LogP contribution in [0.4, 0.5) is 0 Å². The Balaban J connectivity index is 1.83. The maximum absolute atomic E-state index is 12.8. The summed E-state index contributed by atoms with van der Waals surface area (Å²) >= 11 is 0. The van der Waals surface area contributed by atoms with Crippen molar-refractivity contribution in [2.75, 3.05) is 0 Å². The average molecular weight is 289 g/mol. The van der Waals surface area contributed by atoms with Gasteiger partial charge in [-0.15, -0.1) is 0 Å². The standard InChI is InChI=1S/C14H15N3O2S/c1-16-8-14(15-9-16)20(18,19)17-12-6-7-13(17)11-5-3-2-4-10(11)12/h2-5,8-9,12-13H,6-7H2,1H3/t12-,13-/m0/s1. The summed E-state index contributed by atoms with van der Waals surface area (Å²) in [5, 5.41) is 0.143. The molecule has 4 rings (SSSR count). The Morgan fingerprint density at radius 2 is 1.75 bits per heavy atom. The number of fused-ring (bicyclic) bond motifs is 5. The molecule has 1 aromatic heterocycles. The zero-order chi connectivity index (χ0) is 13.9. The molecule has 0 unspecified atom stereocenters. The third-order valence-electron chi connectivity index (χ3n) is 4.26. The molecule has 5 nitrogen and oxygen atoms in total. The molecule has 2 bridgehead atoms. The molecule has 20 heavy (non-hydrogen) atoms. The van der Waals surface area contributed by atoms with Crippen LogP contribution in [0.1, 0.15) is 36.1 Å². The smallest absolute Gasteiger partial charge is 0.263 e. The molecule has 0 N–H and O–H groups in total. The zero-order valence-corrected chi connectivity index (χ0v) is 11.9. The van der Waals surface area contributed by atoms with E-state index in [4.69, 9.17) is 0 Å². The van der Waals surface area contributed by atoms with E-state index in [0.717, 1.165) is 24.0 Å². The summed E-state index contributed by atoms with van der Waals surface area (Å²) in [7, 11) is -1.74. The Bertz CT molecular complexity index is 750. The van der Waals surface area contributed by atoms with Gasteiger partial charge in [-0.05, 0) is 24.0 Å². The van der Waals surface area contributed by atoms with Gasteiger partial charge in [0.15, 0.2) is 5.03 Å². The first-order valence-corrected chi connectivity index (χ1v) is 8.13. The molecule has 1 saturated heterocycles. The highest BCUT2D eigenvalue weighted by Gasteiger charge is 2.50. The molecular formula is C14H15N3O2S. The summed E-state index contributed by atoms with van der Waals surface area (Å²) in [6.45, 7) is 0. The summed E-state index contributed by atoms with van der Waals surface area (Å²) in [6.07, 6.45) is 4.89. The molecule has 0 amide bonds. The molecule has 2 aliphatic heterocycles. The number of hydrogen-bond acceptors (Lipinski definition) is 3. The number of nitrogens with zero attached hydrogens (tertiary/aromatic N) is 3. The normalized spacial score (nSPS) is 25.1. The van der Waals surface area contributed by atoms with Crippen molar-refractivity contribution < 1.29 is 8.42 Å². The van der Waals surface area contributed by atoms with Gasteiger partial charge in [0.2, 0.25) is 0 Å². The van der Waals surface area contributed by atoms with Gasteiger partial charge in [-0.1, -0.05) is 24.3 Å². The Morgan fingerprint density at radius 1 is 1.15 bits per heavy atom. The molecule has 104 valence electrons. The van der Waals surface area contributed by atoms with Gasteiger partial charge in [-0.3, -0.25) is 0 Å². The molecule has 3 heterocycles. The van der Waals surface area contributed by atoms with Crippen molar-refractivity contribution in [2.24, 2.45) is 7.05 Å². The molecule has 2 aromatic rings. The molecule has 2 aliphatic rings. The quantitative estimate of drug-likeness (QED) is 0.849. The third-order valence-corrected chi connectivity index (χ3v) is 6.07. The van der Waals surface area contributed by atoms with Crippen molar-refractivity contribution in [1.29, 1.82) is 0 Å². The second kappa shape index (κ2) is 3.93. The van der Waals surface area contributed by atoms with E-state index in [-0.39, 0.29) is 17.1 Å². The maximum Gasteiger partial charge on any atom is 0.263 e. The Labute approximate surface area is 117 Å². The topological polar surface area (TPSA) is 55.2 Å². The Kier molecular flexibility index (Phi) is 2.38. The van der Waals surface area contributed by atoms with Gasteiger partial charge in [0, 0.05) is 13.2 Å². The number of imidazole rings is 1. The van der Waals surface area contributed by atoms with Gasteiger partial charge >= 0.3 is 0 Å². The van der Waals surface area contributed by atoms with Crippen LogP contribution in [0.15, 0.2) is 41.8 Å². The fourth-order valence-corrected chi connectivity index (χ4v) is 5.26. The number of aryl methyl sites for hydroxylation is 1. The summed E-state index contributed by atoms with van der Waals surface area (Å²) in [4.78, 5) is 4.02. The SMILES string of the molecule is Cn1cnc(S(=O)(=O)N2[C@H]3CC[C@H]2c2ccccc23)c1. The Morgan fingerprint density at radius 3 is 2.25 bits per heavy atom. The van der Waals surface area contributed by atoms with E-state index in [1.54, 1.807) is 22.1 Å². The second-order valence-electron chi connectivity index (χ2n) is 5.45. The first kappa shape index (κ1) is 12.1. The molecule has 0 spiro atoms. The lowest BCUT2D eigenvalue weighted by Gasteiger charge is -2.20. The zero-order valence-electron chi connectivity index (χ0n) is 11.1. The van der Waals surface area contributed by atoms with Crippen LogP contribution < -0.4 is 0 Å². The van der Waals surface area contributed by atoms with Crippen LogP contribution in [0.5, 0.6) is 0 Å². The first-order valence-electron chi connectivity index (χ1n) is 6.69. The van der Waals surface area contributed by atoms with E-state index < -0.39 is 10.0 Å². The van der Waals surface area contributed by atoms with E-state index in [0.29, 0.717) is 0 Å².